The fourth-order valence-corrected chi connectivity index (χ4v) is 7.12. The van der Waals surface area contributed by atoms with Crippen LogP contribution in [0.4, 0.5) is 0 Å². The minimum absolute atomic E-state index is 0.0531. The number of piperidine rings is 2. The number of fused-ring (bicyclic) bond motifs is 1. The molecule has 7 heteroatoms. The van der Waals surface area contributed by atoms with E-state index in [0.717, 1.165) is 19.4 Å². The van der Waals surface area contributed by atoms with Gasteiger partial charge in [0.1, 0.15) is 0 Å². The largest absolute Gasteiger partial charge is 0.339 e. The van der Waals surface area contributed by atoms with Crippen molar-refractivity contribution in [2.75, 3.05) is 19.6 Å². The topological polar surface area (TPSA) is 57.7 Å². The van der Waals surface area contributed by atoms with Crippen molar-refractivity contribution in [2.24, 2.45) is 17.8 Å². The second-order valence-electron chi connectivity index (χ2n) is 8.95. The molecule has 1 aromatic rings. The van der Waals surface area contributed by atoms with Gasteiger partial charge < -0.3 is 4.90 Å². The first-order valence-electron chi connectivity index (χ1n) is 10.9. The maximum absolute atomic E-state index is 13.3. The van der Waals surface area contributed by atoms with Crippen molar-refractivity contribution < 1.29 is 13.2 Å². The van der Waals surface area contributed by atoms with Crippen LogP contribution in [0.25, 0.3) is 0 Å². The smallest absolute Gasteiger partial charge is 0.243 e. The molecule has 0 aromatic heterocycles. The summed E-state index contributed by atoms with van der Waals surface area (Å²) in [6.07, 6.45) is 7.18. The summed E-state index contributed by atoms with van der Waals surface area (Å²) in [5.41, 5.74) is 0. The zero-order valence-electron chi connectivity index (χ0n) is 17.1. The van der Waals surface area contributed by atoms with Gasteiger partial charge in [-0.3, -0.25) is 4.79 Å². The van der Waals surface area contributed by atoms with Crippen LogP contribution in [-0.4, -0.2) is 49.2 Å². The number of nitrogens with zero attached hydrogens (tertiary/aromatic N) is 2. The van der Waals surface area contributed by atoms with Gasteiger partial charge in [-0.25, -0.2) is 8.42 Å². The second-order valence-corrected chi connectivity index (χ2v) is 11.3. The summed E-state index contributed by atoms with van der Waals surface area (Å²) in [5, 5.41) is 0.519. The number of rotatable bonds is 3. The maximum Gasteiger partial charge on any atom is 0.243 e. The van der Waals surface area contributed by atoms with Crippen molar-refractivity contribution in [3.63, 3.8) is 0 Å². The van der Waals surface area contributed by atoms with Crippen LogP contribution in [0.1, 0.15) is 51.9 Å². The predicted molar refractivity (Wildman–Crippen MR) is 114 cm³/mol. The molecule has 0 radical (unpaired) electrons. The molecule has 29 heavy (non-hydrogen) atoms. The third-order valence-electron chi connectivity index (χ3n) is 7.28. The summed E-state index contributed by atoms with van der Waals surface area (Å²) >= 11 is 5.88. The molecule has 3 atom stereocenters. The van der Waals surface area contributed by atoms with Gasteiger partial charge in [0.25, 0.3) is 0 Å². The van der Waals surface area contributed by atoms with Crippen molar-refractivity contribution in [1.29, 1.82) is 0 Å². The van der Waals surface area contributed by atoms with E-state index < -0.39 is 10.0 Å². The predicted octanol–water partition coefficient (Wildman–Crippen LogP) is 4.17. The second kappa shape index (κ2) is 8.56. The van der Waals surface area contributed by atoms with Gasteiger partial charge in [-0.15, -0.1) is 0 Å². The van der Waals surface area contributed by atoms with Crippen LogP contribution in [0.5, 0.6) is 0 Å². The van der Waals surface area contributed by atoms with Crippen LogP contribution < -0.4 is 0 Å². The first kappa shape index (κ1) is 21.1. The molecule has 5 nitrogen and oxygen atoms in total. The molecule has 4 rings (SSSR count). The highest BCUT2D eigenvalue weighted by molar-refractivity contribution is 7.89. The Morgan fingerprint density at radius 3 is 2.31 bits per heavy atom. The van der Waals surface area contributed by atoms with Crippen molar-refractivity contribution >= 4 is 27.5 Å². The zero-order valence-corrected chi connectivity index (χ0v) is 18.7. The minimum Gasteiger partial charge on any atom is -0.339 e. The summed E-state index contributed by atoms with van der Waals surface area (Å²) in [7, 11) is -3.53. The summed E-state index contributed by atoms with van der Waals surface area (Å²) in [4.78, 5) is 15.8. The van der Waals surface area contributed by atoms with Crippen LogP contribution in [0.15, 0.2) is 29.2 Å². The Morgan fingerprint density at radius 2 is 1.62 bits per heavy atom. The highest BCUT2D eigenvalue weighted by Gasteiger charge is 2.42. The lowest BCUT2D eigenvalue weighted by molar-refractivity contribution is -0.144. The van der Waals surface area contributed by atoms with E-state index in [1.165, 1.54) is 23.6 Å². The average molecular weight is 439 g/mol. The molecule has 1 aromatic carbocycles. The van der Waals surface area contributed by atoms with Gasteiger partial charge in [0.05, 0.1) is 4.90 Å². The van der Waals surface area contributed by atoms with E-state index >= 15 is 0 Å². The monoisotopic (exact) mass is 438 g/mol. The fraction of sp³-hybridized carbons (Fsp3) is 0.682. The summed E-state index contributed by atoms with van der Waals surface area (Å²) in [5.74, 6) is 1.56. The molecule has 3 aliphatic rings. The van der Waals surface area contributed by atoms with Gasteiger partial charge in [0.15, 0.2) is 0 Å². The molecule has 0 bridgehead atoms. The van der Waals surface area contributed by atoms with Gasteiger partial charge in [-0.2, -0.15) is 4.31 Å². The van der Waals surface area contributed by atoms with Crippen LogP contribution >= 0.6 is 11.6 Å². The van der Waals surface area contributed by atoms with E-state index in [-0.39, 0.29) is 16.7 Å². The molecular weight excluding hydrogens is 408 g/mol. The lowest BCUT2D eigenvalue weighted by Crippen LogP contribution is -2.55. The Balaban J connectivity index is 1.40. The number of amides is 1. The number of benzene rings is 1. The van der Waals surface area contributed by atoms with E-state index in [9.17, 15) is 13.2 Å². The van der Waals surface area contributed by atoms with Gasteiger partial charge in [-0.05, 0) is 68.2 Å². The van der Waals surface area contributed by atoms with E-state index in [1.54, 1.807) is 24.3 Å². The van der Waals surface area contributed by atoms with E-state index in [1.807, 2.05) is 0 Å². The summed E-state index contributed by atoms with van der Waals surface area (Å²) in [6.45, 7) is 4.01. The average Bonchev–Trinajstić information content (AvgIpc) is 2.74. The van der Waals surface area contributed by atoms with Gasteiger partial charge in [0.2, 0.25) is 15.9 Å². The summed E-state index contributed by atoms with van der Waals surface area (Å²) < 4.78 is 27.3. The fourth-order valence-electron chi connectivity index (χ4n) is 5.52. The Hall–Kier alpha value is -1.11. The third kappa shape index (κ3) is 4.21. The van der Waals surface area contributed by atoms with E-state index in [2.05, 4.69) is 11.8 Å². The maximum atomic E-state index is 13.3. The molecule has 2 aliphatic heterocycles. The molecule has 3 fully saturated rings. The molecule has 1 saturated carbocycles. The van der Waals surface area contributed by atoms with E-state index in [4.69, 9.17) is 11.6 Å². The van der Waals surface area contributed by atoms with Gasteiger partial charge >= 0.3 is 0 Å². The SMILES string of the molecule is CC1CCN(C(=O)C2CCN(S(=O)(=O)c3ccc(Cl)cc3)CC2)C2CCCCC12. The molecular formula is C22H31ClN2O3S. The molecule has 3 unspecified atom stereocenters. The van der Waals surface area contributed by atoms with E-state index in [0.29, 0.717) is 48.8 Å². The highest BCUT2D eigenvalue weighted by atomic mass is 35.5. The summed E-state index contributed by atoms with van der Waals surface area (Å²) in [6, 6.07) is 6.70. The van der Waals surface area contributed by atoms with Crippen molar-refractivity contribution in [2.45, 2.75) is 62.8 Å². The van der Waals surface area contributed by atoms with Crippen LogP contribution in [0.3, 0.4) is 0 Å². The Kier molecular flexibility index (Phi) is 6.24. The van der Waals surface area contributed by atoms with Crippen molar-refractivity contribution in [3.8, 4) is 0 Å². The standard InChI is InChI=1S/C22H31ClN2O3S/c1-16-10-15-25(21-5-3-2-4-20(16)21)22(26)17-11-13-24(14-12-17)29(27,28)19-8-6-18(23)7-9-19/h6-9,16-17,20-21H,2-5,10-15H2,1H3. The van der Waals surface area contributed by atoms with Crippen LogP contribution in [0, 0.1) is 17.8 Å². The number of halogens is 1. The molecule has 0 N–H and O–H groups in total. The van der Waals surface area contributed by atoms with Gasteiger partial charge in [0, 0.05) is 36.6 Å². The number of hydrogen-bond donors (Lipinski definition) is 0. The molecule has 1 amide bonds. The molecule has 160 valence electrons. The molecule has 0 spiro atoms. The quantitative estimate of drug-likeness (QED) is 0.711. The van der Waals surface area contributed by atoms with Gasteiger partial charge in [-0.1, -0.05) is 31.4 Å². The Bertz CT molecular complexity index is 834. The van der Waals surface area contributed by atoms with Crippen molar-refractivity contribution in [3.05, 3.63) is 29.3 Å². The Labute approximate surface area is 179 Å². The third-order valence-corrected chi connectivity index (χ3v) is 9.44. The number of carbonyl (C=O) groups excluding carboxylic acids is 1. The first-order valence-corrected chi connectivity index (χ1v) is 12.8. The molecule has 1 aliphatic carbocycles. The lowest BCUT2D eigenvalue weighted by atomic mass is 9.72. The number of hydrogen-bond acceptors (Lipinski definition) is 3. The lowest BCUT2D eigenvalue weighted by Gasteiger charge is -2.48. The zero-order chi connectivity index (χ0) is 20.6. The highest BCUT2D eigenvalue weighted by Crippen LogP contribution is 2.40. The number of likely N-dealkylation sites (tertiary alicyclic amines) is 1. The van der Waals surface area contributed by atoms with Crippen LogP contribution in [0.2, 0.25) is 5.02 Å². The Morgan fingerprint density at radius 1 is 0.966 bits per heavy atom. The number of carbonyl (C=O) groups is 1. The minimum atomic E-state index is -3.53. The van der Waals surface area contributed by atoms with Crippen molar-refractivity contribution in [1.82, 2.24) is 9.21 Å². The normalized spacial score (nSPS) is 29.4. The molecule has 2 saturated heterocycles. The van der Waals surface area contributed by atoms with Crippen LogP contribution in [-0.2, 0) is 14.8 Å². The first-order chi connectivity index (χ1) is 13.9. The number of sulfonamides is 1. The molecule has 2 heterocycles.